The van der Waals surface area contributed by atoms with E-state index < -0.39 is 0 Å². The lowest BCUT2D eigenvalue weighted by atomic mass is 9.98. The minimum atomic E-state index is -0.0528. The van der Waals surface area contributed by atoms with Gasteiger partial charge in [0.2, 0.25) is 5.91 Å². The number of benzene rings is 2. The third kappa shape index (κ3) is 4.62. The highest BCUT2D eigenvalue weighted by Crippen LogP contribution is 2.28. The molecule has 0 fully saturated rings. The van der Waals surface area contributed by atoms with Crippen molar-refractivity contribution in [2.75, 3.05) is 22.9 Å². The van der Waals surface area contributed by atoms with Crippen molar-refractivity contribution < 1.29 is 4.79 Å². The summed E-state index contributed by atoms with van der Waals surface area (Å²) in [6.45, 7) is 9.08. The summed E-state index contributed by atoms with van der Waals surface area (Å²) in [7, 11) is 0. The first-order chi connectivity index (χ1) is 13.5. The second kappa shape index (κ2) is 9.06. The third-order valence-corrected chi connectivity index (χ3v) is 5.30. The summed E-state index contributed by atoms with van der Waals surface area (Å²) < 4.78 is 0. The number of anilines is 2. The number of nitrogens with zero attached hydrogens (tertiary/aromatic N) is 2. The topological polar surface area (TPSA) is 66.9 Å². The maximum atomic E-state index is 12.6. The summed E-state index contributed by atoms with van der Waals surface area (Å²) in [4.78, 5) is 21.8. The van der Waals surface area contributed by atoms with Crippen molar-refractivity contribution in [3.8, 4) is 0 Å². The summed E-state index contributed by atoms with van der Waals surface area (Å²) in [6, 6.07) is 14.0. The first kappa shape index (κ1) is 20.1. The molecule has 1 amide bonds. The smallest absolute Gasteiger partial charge is 0.234 e. The zero-order valence-electron chi connectivity index (χ0n) is 16.7. The molecule has 2 aromatic carbocycles. The Morgan fingerprint density at radius 2 is 1.89 bits per heavy atom. The molecule has 0 aliphatic rings. The molecule has 0 aliphatic carbocycles. The summed E-state index contributed by atoms with van der Waals surface area (Å²) in [5, 5.41) is 7.94. The van der Waals surface area contributed by atoms with E-state index in [9.17, 15) is 4.79 Å². The molecule has 0 saturated heterocycles. The van der Waals surface area contributed by atoms with Crippen LogP contribution in [0.25, 0.3) is 10.9 Å². The molecule has 0 saturated carbocycles. The number of carbonyl (C=O) groups is 1. The van der Waals surface area contributed by atoms with Gasteiger partial charge in [0.25, 0.3) is 0 Å². The summed E-state index contributed by atoms with van der Waals surface area (Å²) >= 11 is 1.35. The Labute approximate surface area is 170 Å². The fourth-order valence-corrected chi connectivity index (χ4v) is 3.72. The number of para-hydroxylation sites is 2. The lowest BCUT2D eigenvalue weighted by Crippen LogP contribution is -2.17. The van der Waals surface area contributed by atoms with Crippen LogP contribution < -0.4 is 10.6 Å². The highest BCUT2D eigenvalue weighted by Gasteiger charge is 2.14. The van der Waals surface area contributed by atoms with Gasteiger partial charge in [-0.2, -0.15) is 0 Å². The fourth-order valence-electron chi connectivity index (χ4n) is 3.07. The van der Waals surface area contributed by atoms with Crippen molar-refractivity contribution in [1.29, 1.82) is 0 Å². The Bertz CT molecular complexity index is 987. The van der Waals surface area contributed by atoms with Gasteiger partial charge in [0, 0.05) is 17.6 Å². The van der Waals surface area contributed by atoms with Crippen molar-refractivity contribution >= 4 is 40.1 Å². The van der Waals surface area contributed by atoms with E-state index in [-0.39, 0.29) is 11.7 Å². The summed E-state index contributed by atoms with van der Waals surface area (Å²) in [5.41, 5.74) is 4.00. The summed E-state index contributed by atoms with van der Waals surface area (Å²) in [6.07, 6.45) is 0. The molecule has 0 aliphatic heterocycles. The van der Waals surface area contributed by atoms with E-state index in [1.54, 1.807) is 0 Å². The van der Waals surface area contributed by atoms with Gasteiger partial charge in [-0.25, -0.2) is 9.97 Å². The average molecular weight is 395 g/mol. The molecule has 1 aromatic heterocycles. The van der Waals surface area contributed by atoms with Gasteiger partial charge in [-0.15, -0.1) is 0 Å². The predicted molar refractivity (Wildman–Crippen MR) is 118 cm³/mol. The minimum absolute atomic E-state index is 0.0528. The molecule has 0 atom stereocenters. The fraction of sp³-hybridized carbons (Fsp3) is 0.318. The molecule has 3 rings (SSSR count). The SMILES string of the molecule is CCNc1nc(SCC(=O)Nc2c(C)cccc2C(C)C)nc2ccccc12. The standard InChI is InChI=1S/C22H26N4OS/c1-5-23-21-17-10-6-7-12-18(17)24-22(26-21)28-13-19(27)25-20-15(4)9-8-11-16(20)14(2)3/h6-12,14H,5,13H2,1-4H3,(H,25,27)(H,23,24,26). The van der Waals surface area contributed by atoms with Crippen LogP contribution in [-0.4, -0.2) is 28.2 Å². The van der Waals surface area contributed by atoms with Gasteiger partial charge in [-0.3, -0.25) is 4.79 Å². The third-order valence-electron chi connectivity index (χ3n) is 4.45. The van der Waals surface area contributed by atoms with Crippen LogP contribution in [0.15, 0.2) is 47.6 Å². The summed E-state index contributed by atoms with van der Waals surface area (Å²) in [5.74, 6) is 1.35. The Balaban J connectivity index is 1.75. The normalized spacial score (nSPS) is 11.0. The molecule has 1 heterocycles. The van der Waals surface area contributed by atoms with Crippen LogP contribution >= 0.6 is 11.8 Å². The molecule has 0 unspecified atom stereocenters. The van der Waals surface area contributed by atoms with E-state index in [4.69, 9.17) is 0 Å². The van der Waals surface area contributed by atoms with E-state index in [0.717, 1.165) is 40.1 Å². The van der Waals surface area contributed by atoms with E-state index in [0.29, 0.717) is 11.1 Å². The Kier molecular flexibility index (Phi) is 6.52. The number of rotatable bonds is 7. The Hall–Kier alpha value is -2.60. The number of hydrogen-bond acceptors (Lipinski definition) is 5. The second-order valence-electron chi connectivity index (χ2n) is 6.93. The number of aromatic nitrogens is 2. The van der Waals surface area contributed by atoms with Crippen molar-refractivity contribution in [2.24, 2.45) is 0 Å². The Morgan fingerprint density at radius 3 is 2.64 bits per heavy atom. The molecular weight excluding hydrogens is 368 g/mol. The first-order valence-electron chi connectivity index (χ1n) is 9.52. The Morgan fingerprint density at radius 1 is 1.11 bits per heavy atom. The molecule has 3 aromatic rings. The van der Waals surface area contributed by atoms with Crippen molar-refractivity contribution in [2.45, 2.75) is 38.8 Å². The van der Waals surface area contributed by atoms with Gasteiger partial charge in [0.15, 0.2) is 5.16 Å². The van der Waals surface area contributed by atoms with Gasteiger partial charge in [-0.1, -0.05) is 55.9 Å². The molecule has 5 nitrogen and oxygen atoms in total. The number of thioether (sulfide) groups is 1. The largest absolute Gasteiger partial charge is 0.370 e. The van der Waals surface area contributed by atoms with Crippen molar-refractivity contribution in [1.82, 2.24) is 9.97 Å². The number of nitrogens with one attached hydrogen (secondary N) is 2. The van der Waals surface area contributed by atoms with E-state index in [1.165, 1.54) is 11.8 Å². The molecule has 28 heavy (non-hydrogen) atoms. The molecule has 2 N–H and O–H groups in total. The molecule has 0 radical (unpaired) electrons. The zero-order valence-corrected chi connectivity index (χ0v) is 17.6. The molecule has 0 spiro atoms. The van der Waals surface area contributed by atoms with Gasteiger partial charge in [0.1, 0.15) is 5.82 Å². The van der Waals surface area contributed by atoms with Crippen LogP contribution in [0.2, 0.25) is 0 Å². The number of fused-ring (bicyclic) bond motifs is 1. The number of carbonyl (C=O) groups excluding carboxylic acids is 1. The number of hydrogen-bond donors (Lipinski definition) is 2. The van der Waals surface area contributed by atoms with E-state index >= 15 is 0 Å². The average Bonchev–Trinajstić information content (AvgIpc) is 2.68. The maximum Gasteiger partial charge on any atom is 0.234 e. The number of amides is 1. The second-order valence-corrected chi connectivity index (χ2v) is 7.88. The lowest BCUT2D eigenvalue weighted by molar-refractivity contribution is -0.113. The molecule has 6 heteroatoms. The molecule has 0 bridgehead atoms. The van der Waals surface area contributed by atoms with E-state index in [1.807, 2.05) is 50.2 Å². The molecule has 146 valence electrons. The van der Waals surface area contributed by atoms with Crippen molar-refractivity contribution in [3.05, 3.63) is 53.6 Å². The zero-order chi connectivity index (χ0) is 20.1. The van der Waals surface area contributed by atoms with Gasteiger partial charge in [-0.05, 0) is 43.0 Å². The van der Waals surface area contributed by atoms with Crippen LogP contribution in [0.1, 0.15) is 37.8 Å². The quantitative estimate of drug-likeness (QED) is 0.424. The first-order valence-corrected chi connectivity index (χ1v) is 10.5. The molecular formula is C22H26N4OS. The lowest BCUT2D eigenvalue weighted by Gasteiger charge is -2.16. The van der Waals surface area contributed by atoms with Crippen molar-refractivity contribution in [3.63, 3.8) is 0 Å². The van der Waals surface area contributed by atoms with Gasteiger partial charge in [0.05, 0.1) is 11.3 Å². The van der Waals surface area contributed by atoms with Crippen LogP contribution in [0.3, 0.4) is 0 Å². The predicted octanol–water partition coefficient (Wildman–Crippen LogP) is 5.22. The highest BCUT2D eigenvalue weighted by atomic mass is 32.2. The van der Waals surface area contributed by atoms with Gasteiger partial charge < -0.3 is 10.6 Å². The van der Waals surface area contributed by atoms with Gasteiger partial charge >= 0.3 is 0 Å². The highest BCUT2D eigenvalue weighted by molar-refractivity contribution is 7.99. The van der Waals surface area contributed by atoms with Crippen LogP contribution in [-0.2, 0) is 4.79 Å². The van der Waals surface area contributed by atoms with E-state index in [2.05, 4.69) is 40.5 Å². The minimum Gasteiger partial charge on any atom is -0.370 e. The monoisotopic (exact) mass is 394 g/mol. The number of aryl methyl sites for hydroxylation is 1. The maximum absolute atomic E-state index is 12.6. The van der Waals surface area contributed by atoms with Crippen LogP contribution in [0, 0.1) is 6.92 Å². The van der Waals surface area contributed by atoms with Crippen LogP contribution in [0.4, 0.5) is 11.5 Å². The van der Waals surface area contributed by atoms with Crippen LogP contribution in [0.5, 0.6) is 0 Å².